The molecule has 2 nitrogen and oxygen atoms in total. The number of nitrogens with one attached hydrogen (secondary N) is 1. The molecule has 3 aliphatic rings. The Hall–Kier alpha value is -0.340. The van der Waals surface area contributed by atoms with Gasteiger partial charge in [-0.2, -0.15) is 0 Å². The normalized spacial score (nSPS) is 37.3. The van der Waals surface area contributed by atoms with E-state index in [0.29, 0.717) is 6.04 Å². The molecule has 0 spiro atoms. The van der Waals surface area contributed by atoms with Gasteiger partial charge in [0.15, 0.2) is 0 Å². The fourth-order valence-electron chi connectivity index (χ4n) is 2.95. The van der Waals surface area contributed by atoms with Crippen LogP contribution in [0.3, 0.4) is 0 Å². The van der Waals surface area contributed by atoms with Gasteiger partial charge in [-0.25, -0.2) is 0 Å². The zero-order chi connectivity index (χ0) is 10.1. The molecular formula is C13H22N2. The maximum atomic E-state index is 3.80. The second kappa shape index (κ2) is 4.26. The third-order valence-electron chi connectivity index (χ3n) is 3.99. The van der Waals surface area contributed by atoms with E-state index in [2.05, 4.69) is 22.4 Å². The van der Waals surface area contributed by atoms with Gasteiger partial charge in [0.1, 0.15) is 0 Å². The Morgan fingerprint density at radius 3 is 2.80 bits per heavy atom. The van der Waals surface area contributed by atoms with Crippen LogP contribution in [0.2, 0.25) is 0 Å². The molecule has 0 radical (unpaired) electrons. The number of hydrogen-bond acceptors (Lipinski definition) is 2. The third kappa shape index (κ3) is 2.43. The van der Waals surface area contributed by atoms with Crippen molar-refractivity contribution in [3.8, 4) is 0 Å². The molecule has 0 aromatic rings. The van der Waals surface area contributed by atoms with E-state index in [0.717, 1.165) is 12.1 Å². The predicted octanol–water partition coefficient (Wildman–Crippen LogP) is 1.92. The first kappa shape index (κ1) is 9.86. The van der Waals surface area contributed by atoms with Gasteiger partial charge in [0, 0.05) is 31.2 Å². The van der Waals surface area contributed by atoms with Crippen molar-refractivity contribution in [2.75, 3.05) is 13.1 Å². The van der Waals surface area contributed by atoms with Crippen molar-refractivity contribution < 1.29 is 0 Å². The van der Waals surface area contributed by atoms with Crippen LogP contribution in [-0.4, -0.2) is 36.1 Å². The molecule has 0 bridgehead atoms. The molecule has 84 valence electrons. The van der Waals surface area contributed by atoms with Gasteiger partial charge in [-0.1, -0.05) is 12.2 Å². The van der Waals surface area contributed by atoms with Gasteiger partial charge in [-0.3, -0.25) is 4.90 Å². The smallest absolute Gasteiger partial charge is 0.0253 e. The van der Waals surface area contributed by atoms with E-state index in [9.17, 15) is 0 Å². The van der Waals surface area contributed by atoms with Crippen LogP contribution >= 0.6 is 0 Å². The zero-order valence-electron chi connectivity index (χ0n) is 9.49. The van der Waals surface area contributed by atoms with E-state index < -0.39 is 0 Å². The Morgan fingerprint density at radius 1 is 1.13 bits per heavy atom. The van der Waals surface area contributed by atoms with Gasteiger partial charge in [0.2, 0.25) is 0 Å². The topological polar surface area (TPSA) is 15.3 Å². The molecule has 3 rings (SSSR count). The molecule has 2 heteroatoms. The minimum absolute atomic E-state index is 0.669. The minimum Gasteiger partial charge on any atom is -0.306 e. The van der Waals surface area contributed by atoms with E-state index in [-0.39, 0.29) is 0 Å². The molecule has 1 N–H and O–H groups in total. The summed E-state index contributed by atoms with van der Waals surface area (Å²) in [5.41, 5.74) is 0. The van der Waals surface area contributed by atoms with Crippen LogP contribution in [0.4, 0.5) is 0 Å². The third-order valence-corrected chi connectivity index (χ3v) is 3.99. The first-order valence-electron chi connectivity index (χ1n) is 6.58. The Kier molecular flexibility index (Phi) is 2.80. The van der Waals surface area contributed by atoms with E-state index >= 15 is 0 Å². The molecule has 0 aromatic carbocycles. The highest BCUT2D eigenvalue weighted by molar-refractivity contribution is 5.00. The van der Waals surface area contributed by atoms with Gasteiger partial charge in [0.25, 0.3) is 0 Å². The average Bonchev–Trinajstić information content (AvgIpc) is 3.02. The highest BCUT2D eigenvalue weighted by atomic mass is 15.2. The molecule has 2 unspecified atom stereocenters. The highest BCUT2D eigenvalue weighted by Gasteiger charge is 2.34. The Labute approximate surface area is 92.7 Å². The monoisotopic (exact) mass is 206 g/mol. The largest absolute Gasteiger partial charge is 0.306 e. The molecule has 1 heterocycles. The van der Waals surface area contributed by atoms with E-state index in [1.165, 1.54) is 51.6 Å². The van der Waals surface area contributed by atoms with Crippen molar-refractivity contribution in [2.45, 2.75) is 56.7 Å². The van der Waals surface area contributed by atoms with Crippen LogP contribution < -0.4 is 5.32 Å². The van der Waals surface area contributed by atoms with Crippen LogP contribution in [0.25, 0.3) is 0 Å². The van der Waals surface area contributed by atoms with Crippen molar-refractivity contribution >= 4 is 0 Å². The lowest BCUT2D eigenvalue weighted by molar-refractivity contribution is 0.313. The Bertz CT molecular complexity index is 245. The quantitative estimate of drug-likeness (QED) is 0.710. The standard InChI is InChI=1S/C13H22N2/c1-2-4-11(5-3-1)14-12-8-9-15(10-12)13-6-7-13/h2,4,11-14H,1,3,5-10H2. The molecule has 2 atom stereocenters. The molecule has 1 saturated carbocycles. The second-order valence-electron chi connectivity index (χ2n) is 5.34. The summed E-state index contributed by atoms with van der Waals surface area (Å²) in [4.78, 5) is 2.68. The molecule has 15 heavy (non-hydrogen) atoms. The van der Waals surface area contributed by atoms with Crippen LogP contribution in [0.15, 0.2) is 12.2 Å². The van der Waals surface area contributed by atoms with Gasteiger partial charge >= 0.3 is 0 Å². The van der Waals surface area contributed by atoms with E-state index in [4.69, 9.17) is 0 Å². The minimum atomic E-state index is 0.669. The number of allylic oxidation sites excluding steroid dienone is 1. The highest BCUT2D eigenvalue weighted by Crippen LogP contribution is 2.30. The first-order valence-corrected chi connectivity index (χ1v) is 6.58. The summed E-state index contributed by atoms with van der Waals surface area (Å²) in [5.74, 6) is 0. The summed E-state index contributed by atoms with van der Waals surface area (Å²) >= 11 is 0. The van der Waals surface area contributed by atoms with Gasteiger partial charge in [0.05, 0.1) is 0 Å². The Balaban J connectivity index is 1.47. The number of hydrogen-bond donors (Lipinski definition) is 1. The summed E-state index contributed by atoms with van der Waals surface area (Å²) in [7, 11) is 0. The zero-order valence-corrected chi connectivity index (χ0v) is 9.49. The second-order valence-corrected chi connectivity index (χ2v) is 5.34. The number of rotatable bonds is 3. The van der Waals surface area contributed by atoms with Crippen LogP contribution in [0.5, 0.6) is 0 Å². The number of likely N-dealkylation sites (tertiary alicyclic amines) is 1. The lowest BCUT2D eigenvalue weighted by Gasteiger charge is -2.23. The summed E-state index contributed by atoms with van der Waals surface area (Å²) in [5, 5.41) is 3.80. The lowest BCUT2D eigenvalue weighted by atomic mass is 10.0. The molecule has 1 saturated heterocycles. The molecule has 1 aliphatic heterocycles. The van der Waals surface area contributed by atoms with Crippen LogP contribution in [0.1, 0.15) is 38.5 Å². The average molecular weight is 206 g/mol. The molecular weight excluding hydrogens is 184 g/mol. The lowest BCUT2D eigenvalue weighted by Crippen LogP contribution is -2.40. The Morgan fingerprint density at radius 2 is 2.07 bits per heavy atom. The molecule has 2 aliphatic carbocycles. The van der Waals surface area contributed by atoms with Crippen LogP contribution in [0, 0.1) is 0 Å². The first-order chi connectivity index (χ1) is 7.42. The summed E-state index contributed by atoms with van der Waals surface area (Å²) in [6.07, 6.45) is 13.0. The van der Waals surface area contributed by atoms with Crippen molar-refractivity contribution in [1.29, 1.82) is 0 Å². The maximum Gasteiger partial charge on any atom is 0.0253 e. The molecule has 2 fully saturated rings. The fourth-order valence-corrected chi connectivity index (χ4v) is 2.95. The van der Waals surface area contributed by atoms with E-state index in [1.807, 2.05) is 0 Å². The SMILES string of the molecule is C1=CC(NC2CCN(C3CC3)C2)CCC1. The van der Waals surface area contributed by atoms with Crippen LogP contribution in [-0.2, 0) is 0 Å². The van der Waals surface area contributed by atoms with Gasteiger partial charge < -0.3 is 5.32 Å². The van der Waals surface area contributed by atoms with Crippen molar-refractivity contribution in [1.82, 2.24) is 10.2 Å². The fraction of sp³-hybridized carbons (Fsp3) is 0.846. The summed E-state index contributed by atoms with van der Waals surface area (Å²) in [6.45, 7) is 2.63. The number of nitrogens with zero attached hydrogens (tertiary/aromatic N) is 1. The maximum absolute atomic E-state index is 3.80. The predicted molar refractivity (Wildman–Crippen MR) is 62.9 cm³/mol. The van der Waals surface area contributed by atoms with Crippen molar-refractivity contribution in [3.63, 3.8) is 0 Å². The van der Waals surface area contributed by atoms with Crippen molar-refractivity contribution in [2.24, 2.45) is 0 Å². The van der Waals surface area contributed by atoms with E-state index in [1.54, 1.807) is 0 Å². The molecule has 0 aromatic heterocycles. The summed E-state index contributed by atoms with van der Waals surface area (Å²) in [6, 6.07) is 2.39. The summed E-state index contributed by atoms with van der Waals surface area (Å²) < 4.78 is 0. The van der Waals surface area contributed by atoms with Gasteiger partial charge in [-0.05, 0) is 38.5 Å². The molecule has 0 amide bonds. The van der Waals surface area contributed by atoms with Gasteiger partial charge in [-0.15, -0.1) is 0 Å². The van der Waals surface area contributed by atoms with Crippen molar-refractivity contribution in [3.05, 3.63) is 12.2 Å².